The molecule has 10 nitrogen and oxygen atoms in total. The molecule has 2 aromatic carbocycles. The lowest BCUT2D eigenvalue weighted by molar-refractivity contribution is -0.136. The number of hydrogen-bond acceptors (Lipinski definition) is 9. The second-order valence-electron chi connectivity index (χ2n) is 13.0. The van der Waals surface area contributed by atoms with E-state index in [1.807, 2.05) is 36.4 Å². The van der Waals surface area contributed by atoms with Crippen molar-refractivity contribution in [1.29, 1.82) is 0 Å². The van der Waals surface area contributed by atoms with Gasteiger partial charge in [-0.1, -0.05) is 43.1 Å². The molecule has 49 heavy (non-hydrogen) atoms. The van der Waals surface area contributed by atoms with Crippen LogP contribution >= 0.6 is 22.9 Å². The molecule has 4 atom stereocenters. The number of Topliss-reactive ketones (excluding diaryl/α,β-unsaturated/α-hetero) is 2. The molecular weight excluding hydrogens is 664 g/mol. The van der Waals surface area contributed by atoms with E-state index in [-0.39, 0.29) is 54.6 Å². The molecule has 2 aliphatic heterocycles. The lowest BCUT2D eigenvalue weighted by atomic mass is 9.83. The average molecular weight is 711 g/mol. The van der Waals surface area contributed by atoms with Crippen LogP contribution in [0.2, 0.25) is 5.02 Å². The number of carbonyl (C=O) groups is 4. The lowest BCUT2D eigenvalue weighted by Crippen LogP contribution is -2.50. The highest BCUT2D eigenvalue weighted by Gasteiger charge is 2.36. The van der Waals surface area contributed by atoms with Gasteiger partial charge in [-0.05, 0) is 62.4 Å². The van der Waals surface area contributed by atoms with E-state index in [1.54, 1.807) is 13.0 Å². The molecule has 264 valence electrons. The summed E-state index contributed by atoms with van der Waals surface area (Å²) < 4.78 is 12.3. The molecule has 0 saturated carbocycles. The van der Waals surface area contributed by atoms with Crippen LogP contribution in [-0.4, -0.2) is 60.8 Å². The van der Waals surface area contributed by atoms with Crippen molar-refractivity contribution in [3.8, 4) is 5.75 Å². The lowest BCUT2D eigenvalue weighted by Gasteiger charge is -2.32. The topological polar surface area (TPSA) is 150 Å². The minimum atomic E-state index is -0.807. The number of carbonyl (C=O) groups excluding carboxylic acids is 4. The van der Waals surface area contributed by atoms with Gasteiger partial charge in [0.1, 0.15) is 11.5 Å². The van der Waals surface area contributed by atoms with Gasteiger partial charge < -0.3 is 25.8 Å². The summed E-state index contributed by atoms with van der Waals surface area (Å²) in [7, 11) is 0. The Kier molecular flexibility index (Phi) is 13.6. The van der Waals surface area contributed by atoms with Crippen molar-refractivity contribution in [3.05, 3.63) is 58.1 Å². The summed E-state index contributed by atoms with van der Waals surface area (Å²) in [5, 5.41) is 7.59. The normalized spacial score (nSPS) is 18.1. The third kappa shape index (κ3) is 10.1. The van der Waals surface area contributed by atoms with E-state index >= 15 is 0 Å². The zero-order valence-electron chi connectivity index (χ0n) is 28.1. The Morgan fingerprint density at radius 2 is 1.80 bits per heavy atom. The van der Waals surface area contributed by atoms with Crippen molar-refractivity contribution < 1.29 is 28.7 Å². The fourth-order valence-corrected chi connectivity index (χ4v) is 8.04. The van der Waals surface area contributed by atoms with Crippen molar-refractivity contribution in [1.82, 2.24) is 15.6 Å². The number of benzene rings is 2. The molecule has 3 aromatic rings. The standard InChI is InChI=1S/C37H47ClN4O6S/c1-2-27(43)19-25(21-34-40-30-11-10-26(38)22-33(30)49-34)37(46)42-35(23-12-16-47-17-13-23)31(44)20-24(7-5-6-15-39)36(45)41-29-14-18-48-32-9-4-3-8-28(29)32/h3-4,8-11,22-25,29,35H,2,5-7,12-21,39H2,1H3,(H,41,45)(H,42,46)/t24-,25+,29-,35+/m1/s1. The molecule has 1 fully saturated rings. The number of ketones is 2. The monoisotopic (exact) mass is 710 g/mol. The Morgan fingerprint density at radius 3 is 2.57 bits per heavy atom. The number of thiazole rings is 1. The third-order valence-electron chi connectivity index (χ3n) is 9.54. The molecule has 5 rings (SSSR count). The maximum absolute atomic E-state index is 14.3. The smallest absolute Gasteiger partial charge is 0.224 e. The molecule has 3 heterocycles. The fourth-order valence-electron chi connectivity index (χ4n) is 6.71. The van der Waals surface area contributed by atoms with Gasteiger partial charge in [-0.15, -0.1) is 11.3 Å². The molecule has 12 heteroatoms. The van der Waals surface area contributed by atoms with Gasteiger partial charge in [-0.25, -0.2) is 4.98 Å². The predicted molar refractivity (Wildman–Crippen MR) is 191 cm³/mol. The fraction of sp³-hybridized carbons (Fsp3) is 0.541. The van der Waals surface area contributed by atoms with Crippen molar-refractivity contribution in [2.24, 2.45) is 23.5 Å². The summed E-state index contributed by atoms with van der Waals surface area (Å²) in [6.07, 6.45) is 4.39. The van der Waals surface area contributed by atoms with Crippen LogP contribution in [-0.2, 0) is 30.3 Å². The second kappa shape index (κ2) is 18.0. The van der Waals surface area contributed by atoms with Crippen LogP contribution in [0.1, 0.15) is 81.3 Å². The molecular formula is C37H47ClN4O6S. The largest absolute Gasteiger partial charge is 0.493 e. The van der Waals surface area contributed by atoms with E-state index < -0.39 is 17.9 Å². The zero-order valence-corrected chi connectivity index (χ0v) is 29.7. The molecule has 0 spiro atoms. The number of fused-ring (bicyclic) bond motifs is 2. The Bertz CT molecular complexity index is 1610. The van der Waals surface area contributed by atoms with Crippen molar-refractivity contribution in [3.63, 3.8) is 0 Å². The Balaban J connectivity index is 1.34. The number of aromatic nitrogens is 1. The molecule has 1 aromatic heterocycles. The van der Waals surface area contributed by atoms with E-state index in [9.17, 15) is 19.2 Å². The summed E-state index contributed by atoms with van der Waals surface area (Å²) in [5.41, 5.74) is 7.48. The molecule has 0 aliphatic carbocycles. The summed E-state index contributed by atoms with van der Waals surface area (Å²) >= 11 is 7.63. The number of unbranched alkanes of at least 4 members (excludes halogenated alkanes) is 1. The van der Waals surface area contributed by atoms with Crippen LogP contribution in [0, 0.1) is 17.8 Å². The van der Waals surface area contributed by atoms with Crippen LogP contribution in [0.5, 0.6) is 5.75 Å². The van der Waals surface area contributed by atoms with Gasteiger partial charge in [0.05, 0.1) is 39.8 Å². The number of hydrogen-bond donors (Lipinski definition) is 3. The van der Waals surface area contributed by atoms with Crippen molar-refractivity contribution >= 4 is 56.5 Å². The number of nitrogens with zero attached hydrogens (tertiary/aromatic N) is 1. The average Bonchev–Trinajstić information content (AvgIpc) is 3.51. The first-order valence-corrected chi connectivity index (χ1v) is 18.6. The van der Waals surface area contributed by atoms with E-state index in [4.69, 9.17) is 31.8 Å². The van der Waals surface area contributed by atoms with Crippen LogP contribution in [0.3, 0.4) is 0 Å². The van der Waals surface area contributed by atoms with Crippen LogP contribution in [0.4, 0.5) is 0 Å². The molecule has 0 bridgehead atoms. The van der Waals surface area contributed by atoms with Gasteiger partial charge in [-0.3, -0.25) is 19.2 Å². The van der Waals surface area contributed by atoms with E-state index in [1.165, 1.54) is 11.3 Å². The number of para-hydroxylation sites is 1. The van der Waals surface area contributed by atoms with E-state index in [0.29, 0.717) is 69.9 Å². The highest BCUT2D eigenvalue weighted by molar-refractivity contribution is 7.18. The third-order valence-corrected chi connectivity index (χ3v) is 10.8. The Labute approximate surface area is 296 Å². The van der Waals surface area contributed by atoms with Gasteiger partial charge >= 0.3 is 0 Å². The first kappa shape index (κ1) is 36.9. The number of amides is 2. The highest BCUT2D eigenvalue weighted by atomic mass is 35.5. The van der Waals surface area contributed by atoms with E-state index in [0.717, 1.165) is 33.0 Å². The minimum Gasteiger partial charge on any atom is -0.493 e. The number of ether oxygens (including phenoxy) is 2. The first-order valence-electron chi connectivity index (χ1n) is 17.4. The zero-order chi connectivity index (χ0) is 34.8. The SMILES string of the molecule is CCC(=O)C[C@@H](Cc1nc2ccc(Cl)cc2s1)C(=O)N[C@H](C(=O)C[C@@H](CCCCN)C(=O)N[C@@H]1CCOc2ccccc21)C1CCOCC1. The van der Waals surface area contributed by atoms with Gasteiger partial charge in [0, 0.05) is 61.8 Å². The number of nitrogens with two attached hydrogens (primary N) is 1. The number of halogens is 1. The summed E-state index contributed by atoms with van der Waals surface area (Å²) in [4.78, 5) is 59.5. The molecule has 0 unspecified atom stereocenters. The van der Waals surface area contributed by atoms with Crippen molar-refractivity contribution in [2.45, 2.75) is 83.2 Å². The summed E-state index contributed by atoms with van der Waals surface area (Å²) in [6.45, 7) is 3.74. The predicted octanol–water partition coefficient (Wildman–Crippen LogP) is 5.73. The minimum absolute atomic E-state index is 0.0131. The van der Waals surface area contributed by atoms with Crippen LogP contribution in [0.15, 0.2) is 42.5 Å². The van der Waals surface area contributed by atoms with E-state index in [2.05, 4.69) is 10.6 Å². The van der Waals surface area contributed by atoms with Crippen molar-refractivity contribution in [2.75, 3.05) is 26.4 Å². The van der Waals surface area contributed by atoms with Gasteiger partial charge in [0.25, 0.3) is 0 Å². The Morgan fingerprint density at radius 1 is 1.00 bits per heavy atom. The highest BCUT2D eigenvalue weighted by Crippen LogP contribution is 2.33. The molecule has 4 N–H and O–H groups in total. The Hall–Kier alpha value is -3.38. The van der Waals surface area contributed by atoms with Gasteiger partial charge in [0.15, 0.2) is 5.78 Å². The second-order valence-corrected chi connectivity index (χ2v) is 14.6. The molecule has 1 saturated heterocycles. The maximum Gasteiger partial charge on any atom is 0.224 e. The van der Waals surface area contributed by atoms with Crippen LogP contribution < -0.4 is 21.1 Å². The summed E-state index contributed by atoms with van der Waals surface area (Å²) in [5.74, 6) is -1.44. The number of nitrogens with one attached hydrogen (secondary N) is 2. The molecule has 2 amide bonds. The molecule has 2 aliphatic rings. The van der Waals surface area contributed by atoms with Crippen LogP contribution in [0.25, 0.3) is 10.2 Å². The summed E-state index contributed by atoms with van der Waals surface area (Å²) in [6, 6.07) is 12.1. The number of rotatable bonds is 17. The van der Waals surface area contributed by atoms with Gasteiger partial charge in [-0.2, -0.15) is 0 Å². The first-order chi connectivity index (χ1) is 23.7. The van der Waals surface area contributed by atoms with Gasteiger partial charge in [0.2, 0.25) is 11.8 Å². The molecule has 0 radical (unpaired) electrons. The quantitative estimate of drug-likeness (QED) is 0.150. The maximum atomic E-state index is 14.3.